The molecule has 4 nitrogen and oxygen atoms in total. The van der Waals surface area contributed by atoms with E-state index >= 15 is 0 Å². The topological polar surface area (TPSA) is 72.2 Å². The average Bonchev–Trinajstić information content (AvgIpc) is 2.80. The van der Waals surface area contributed by atoms with Gasteiger partial charge in [-0.3, -0.25) is 0 Å². The van der Waals surface area contributed by atoms with Crippen molar-refractivity contribution in [1.82, 2.24) is 4.72 Å². The Morgan fingerprint density at radius 1 is 1.37 bits per heavy atom. The predicted molar refractivity (Wildman–Crippen MR) is 77.6 cm³/mol. The van der Waals surface area contributed by atoms with Gasteiger partial charge in [-0.2, -0.15) is 0 Å². The molecule has 0 aromatic heterocycles. The Bertz CT molecular complexity index is 554. The van der Waals surface area contributed by atoms with Crippen LogP contribution in [-0.2, 0) is 10.0 Å². The first-order valence-corrected chi connectivity index (χ1v) is 8.33. The van der Waals surface area contributed by atoms with Crippen LogP contribution in [0.1, 0.15) is 32.6 Å². The lowest BCUT2D eigenvalue weighted by atomic mass is 10.0. The predicted octanol–water partition coefficient (Wildman–Crippen LogP) is 2.78. The van der Waals surface area contributed by atoms with Crippen LogP contribution in [0.3, 0.4) is 0 Å². The maximum absolute atomic E-state index is 12.3. The van der Waals surface area contributed by atoms with Crippen LogP contribution in [0.5, 0.6) is 0 Å². The zero-order valence-electron chi connectivity index (χ0n) is 10.9. The third kappa shape index (κ3) is 3.41. The summed E-state index contributed by atoms with van der Waals surface area (Å²) in [7, 11) is -3.58. The molecule has 1 aromatic carbocycles. The molecule has 0 heterocycles. The SMILES string of the molecule is CC(NS(=O)(=O)c1ccc(N)cc1Cl)C1CCCC1. The first kappa shape index (κ1) is 14.6. The van der Waals surface area contributed by atoms with Gasteiger partial charge in [0.15, 0.2) is 0 Å². The third-order valence-corrected chi connectivity index (χ3v) is 5.74. The number of rotatable bonds is 4. The second-order valence-electron chi connectivity index (χ2n) is 5.14. The van der Waals surface area contributed by atoms with Crippen molar-refractivity contribution in [3.8, 4) is 0 Å². The zero-order chi connectivity index (χ0) is 14.0. The van der Waals surface area contributed by atoms with E-state index < -0.39 is 10.0 Å². The average molecular weight is 303 g/mol. The van der Waals surface area contributed by atoms with Crippen LogP contribution in [0.4, 0.5) is 5.69 Å². The van der Waals surface area contributed by atoms with Crippen LogP contribution in [-0.4, -0.2) is 14.5 Å². The minimum Gasteiger partial charge on any atom is -0.399 e. The van der Waals surface area contributed by atoms with Gasteiger partial charge in [-0.1, -0.05) is 24.4 Å². The normalized spacial score (nSPS) is 18.6. The second-order valence-corrected chi connectivity index (χ2v) is 7.23. The van der Waals surface area contributed by atoms with Crippen LogP contribution >= 0.6 is 11.6 Å². The lowest BCUT2D eigenvalue weighted by Gasteiger charge is -2.20. The molecule has 3 N–H and O–H groups in total. The Kier molecular flexibility index (Phi) is 4.38. The fraction of sp³-hybridized carbons (Fsp3) is 0.538. The van der Waals surface area contributed by atoms with E-state index in [2.05, 4.69) is 4.72 Å². The molecule has 0 radical (unpaired) electrons. The van der Waals surface area contributed by atoms with Crippen LogP contribution in [0, 0.1) is 5.92 Å². The van der Waals surface area contributed by atoms with Crippen molar-refractivity contribution < 1.29 is 8.42 Å². The molecule has 106 valence electrons. The van der Waals surface area contributed by atoms with Gasteiger partial charge in [0.1, 0.15) is 4.90 Å². The molecular weight excluding hydrogens is 284 g/mol. The first-order chi connectivity index (χ1) is 8.90. The summed E-state index contributed by atoms with van der Waals surface area (Å²) in [6, 6.07) is 4.37. The van der Waals surface area contributed by atoms with E-state index in [1.54, 1.807) is 6.07 Å². The molecule has 1 atom stereocenters. The molecule has 0 spiro atoms. The van der Waals surface area contributed by atoms with Gasteiger partial charge >= 0.3 is 0 Å². The van der Waals surface area contributed by atoms with Crippen LogP contribution < -0.4 is 10.5 Å². The van der Waals surface area contributed by atoms with Gasteiger partial charge in [-0.25, -0.2) is 13.1 Å². The number of benzene rings is 1. The standard InChI is InChI=1S/C13H19ClN2O2S/c1-9(10-4-2-3-5-10)16-19(17,18)13-7-6-11(15)8-12(13)14/h6-10,16H,2-5,15H2,1H3. The summed E-state index contributed by atoms with van der Waals surface area (Å²) < 4.78 is 27.3. The first-order valence-electron chi connectivity index (χ1n) is 6.47. The summed E-state index contributed by atoms with van der Waals surface area (Å²) in [6.07, 6.45) is 4.52. The molecule has 1 unspecified atom stereocenters. The van der Waals surface area contributed by atoms with E-state index in [0.717, 1.165) is 12.8 Å². The van der Waals surface area contributed by atoms with Crippen molar-refractivity contribution in [1.29, 1.82) is 0 Å². The summed E-state index contributed by atoms with van der Waals surface area (Å²) in [6.45, 7) is 1.92. The summed E-state index contributed by atoms with van der Waals surface area (Å²) in [5.41, 5.74) is 6.02. The van der Waals surface area contributed by atoms with Crippen molar-refractivity contribution in [3.05, 3.63) is 23.2 Å². The molecule has 0 saturated heterocycles. The Balaban J connectivity index is 2.17. The maximum Gasteiger partial charge on any atom is 0.242 e. The largest absolute Gasteiger partial charge is 0.399 e. The van der Waals surface area contributed by atoms with Crippen molar-refractivity contribution in [3.63, 3.8) is 0 Å². The highest BCUT2D eigenvalue weighted by Crippen LogP contribution is 2.29. The highest BCUT2D eigenvalue weighted by molar-refractivity contribution is 7.89. The minimum atomic E-state index is -3.58. The number of nitrogens with one attached hydrogen (secondary N) is 1. The molecule has 0 aliphatic heterocycles. The number of nitrogens with two attached hydrogens (primary N) is 1. The fourth-order valence-electron chi connectivity index (χ4n) is 2.60. The number of nitrogen functional groups attached to an aromatic ring is 1. The van der Waals surface area contributed by atoms with Crippen LogP contribution in [0.2, 0.25) is 5.02 Å². The molecule has 2 rings (SSSR count). The molecule has 1 fully saturated rings. The van der Waals surface area contributed by atoms with E-state index in [4.69, 9.17) is 17.3 Å². The Hall–Kier alpha value is -0.780. The molecule has 0 amide bonds. The lowest BCUT2D eigenvalue weighted by molar-refractivity contribution is 0.424. The van der Waals surface area contributed by atoms with E-state index in [0.29, 0.717) is 11.6 Å². The van der Waals surface area contributed by atoms with Crippen LogP contribution in [0.25, 0.3) is 0 Å². The lowest BCUT2D eigenvalue weighted by Crippen LogP contribution is -2.37. The molecule has 1 aliphatic rings. The van der Waals surface area contributed by atoms with Crippen molar-refractivity contribution in [2.45, 2.75) is 43.5 Å². The van der Waals surface area contributed by atoms with E-state index in [1.807, 2.05) is 6.92 Å². The zero-order valence-corrected chi connectivity index (χ0v) is 12.5. The van der Waals surface area contributed by atoms with Gasteiger partial charge in [0, 0.05) is 11.7 Å². The monoisotopic (exact) mass is 302 g/mol. The minimum absolute atomic E-state index is 0.0684. The van der Waals surface area contributed by atoms with Gasteiger partial charge < -0.3 is 5.73 Å². The number of hydrogen-bond acceptors (Lipinski definition) is 3. The van der Waals surface area contributed by atoms with E-state index in [9.17, 15) is 8.42 Å². The van der Waals surface area contributed by atoms with E-state index in [1.165, 1.54) is 25.0 Å². The molecule has 19 heavy (non-hydrogen) atoms. The molecular formula is C13H19ClN2O2S. The Labute approximate surface area is 119 Å². The molecule has 1 saturated carbocycles. The van der Waals surface area contributed by atoms with Crippen molar-refractivity contribution in [2.75, 3.05) is 5.73 Å². The van der Waals surface area contributed by atoms with Gasteiger partial charge in [0.05, 0.1) is 5.02 Å². The third-order valence-electron chi connectivity index (χ3n) is 3.69. The maximum atomic E-state index is 12.3. The smallest absolute Gasteiger partial charge is 0.242 e. The highest BCUT2D eigenvalue weighted by Gasteiger charge is 2.27. The molecule has 1 aromatic rings. The highest BCUT2D eigenvalue weighted by atomic mass is 35.5. The summed E-state index contributed by atoms with van der Waals surface area (Å²) in [4.78, 5) is 0.0909. The Morgan fingerprint density at radius 2 is 2.00 bits per heavy atom. The van der Waals surface area contributed by atoms with Crippen LogP contribution in [0.15, 0.2) is 23.1 Å². The van der Waals surface area contributed by atoms with Gasteiger partial charge in [0.2, 0.25) is 10.0 Å². The number of anilines is 1. The van der Waals surface area contributed by atoms with Crippen molar-refractivity contribution >= 4 is 27.3 Å². The quantitative estimate of drug-likeness (QED) is 0.840. The molecule has 6 heteroatoms. The second kappa shape index (κ2) is 5.69. The fourth-order valence-corrected chi connectivity index (χ4v) is 4.46. The molecule has 1 aliphatic carbocycles. The molecule has 0 bridgehead atoms. The van der Waals surface area contributed by atoms with E-state index in [-0.39, 0.29) is 16.0 Å². The number of sulfonamides is 1. The summed E-state index contributed by atoms with van der Waals surface area (Å²) >= 11 is 5.96. The number of halogens is 1. The van der Waals surface area contributed by atoms with Gasteiger partial charge in [0.25, 0.3) is 0 Å². The number of hydrogen-bond donors (Lipinski definition) is 2. The van der Waals surface area contributed by atoms with Gasteiger partial charge in [-0.15, -0.1) is 0 Å². The Morgan fingerprint density at radius 3 is 2.58 bits per heavy atom. The summed E-state index contributed by atoms with van der Waals surface area (Å²) in [5, 5.41) is 0.158. The van der Waals surface area contributed by atoms with Crippen molar-refractivity contribution in [2.24, 2.45) is 5.92 Å². The van der Waals surface area contributed by atoms with Gasteiger partial charge in [-0.05, 0) is 43.9 Å². The summed E-state index contributed by atoms with van der Waals surface area (Å²) in [5.74, 6) is 0.419.